The number of methoxy groups -OCH3 is 1. The molecule has 0 aliphatic carbocycles. The molecule has 0 radical (unpaired) electrons. The van der Waals surface area contributed by atoms with Gasteiger partial charge in [-0.1, -0.05) is 30.3 Å². The minimum Gasteiger partial charge on any atom is -0.488 e. The Balaban J connectivity index is 1.57. The van der Waals surface area contributed by atoms with Crippen molar-refractivity contribution in [1.82, 2.24) is 9.38 Å². The number of benzene rings is 2. The van der Waals surface area contributed by atoms with Crippen molar-refractivity contribution in [2.45, 2.75) is 91.6 Å². The molecule has 7 rings (SSSR count). The lowest BCUT2D eigenvalue weighted by molar-refractivity contribution is -0.164. The summed E-state index contributed by atoms with van der Waals surface area (Å²) >= 11 is 0. The first kappa shape index (κ1) is 34.9. The molecule has 1 saturated heterocycles. The maximum Gasteiger partial charge on any atom is 0.339 e. The van der Waals surface area contributed by atoms with Crippen molar-refractivity contribution in [3.63, 3.8) is 0 Å². The number of anilines is 1. The number of rotatable bonds is 3. The fourth-order valence-corrected chi connectivity index (χ4v) is 6.93. The highest BCUT2D eigenvalue weighted by molar-refractivity contribution is 5.82. The summed E-state index contributed by atoms with van der Waals surface area (Å²) in [5.41, 5.74) is 7.69. The third kappa shape index (κ3) is 7.35. The zero-order valence-corrected chi connectivity index (χ0v) is 30.5. The van der Waals surface area contributed by atoms with Crippen LogP contribution in [0.3, 0.4) is 0 Å². The van der Waals surface area contributed by atoms with E-state index in [9.17, 15) is 4.79 Å². The quantitative estimate of drug-likeness (QED) is 0.162. The van der Waals surface area contributed by atoms with E-state index in [0.29, 0.717) is 19.8 Å². The summed E-state index contributed by atoms with van der Waals surface area (Å²) < 4.78 is 33.0. The first-order valence-corrected chi connectivity index (χ1v) is 17.4. The highest BCUT2D eigenvalue weighted by Gasteiger charge is 2.38. The van der Waals surface area contributed by atoms with Crippen LogP contribution in [-0.2, 0) is 23.7 Å². The number of hydrogen-bond acceptors (Lipinski definition) is 8. The van der Waals surface area contributed by atoms with Gasteiger partial charge in [-0.3, -0.25) is 4.40 Å². The minimum atomic E-state index is -0.924. The lowest BCUT2D eigenvalue weighted by Gasteiger charge is -2.42. The fraction of sp³-hybridized carbons (Fsp3) is 0.500. The average Bonchev–Trinajstić information content (AvgIpc) is 3.50. The van der Waals surface area contributed by atoms with Gasteiger partial charge < -0.3 is 28.6 Å². The molecule has 0 saturated carbocycles. The summed E-state index contributed by atoms with van der Waals surface area (Å²) in [5.74, 6) is 1.29. The van der Waals surface area contributed by atoms with E-state index in [2.05, 4.69) is 85.7 Å². The van der Waals surface area contributed by atoms with Crippen LogP contribution in [0, 0.1) is 20.8 Å². The fourth-order valence-electron chi connectivity index (χ4n) is 6.93. The van der Waals surface area contributed by atoms with Crippen LogP contribution in [0.25, 0.3) is 28.0 Å². The molecule has 0 unspecified atom stereocenters. The van der Waals surface area contributed by atoms with E-state index in [1.807, 2.05) is 27.7 Å². The molecule has 262 valence electrons. The zero-order valence-electron chi connectivity index (χ0n) is 30.5. The predicted octanol–water partition coefficient (Wildman–Crippen LogP) is 7.80. The van der Waals surface area contributed by atoms with E-state index in [-0.39, 0.29) is 11.7 Å². The van der Waals surface area contributed by atoms with E-state index in [4.69, 9.17) is 28.7 Å². The summed E-state index contributed by atoms with van der Waals surface area (Å²) in [6.07, 6.45) is 2.65. The molecule has 9 heteroatoms. The van der Waals surface area contributed by atoms with Crippen LogP contribution in [0.4, 0.5) is 5.82 Å². The van der Waals surface area contributed by atoms with Crippen molar-refractivity contribution in [1.29, 1.82) is 0 Å². The number of carbonyl (C=O) groups excluding carboxylic acids is 1. The van der Waals surface area contributed by atoms with Crippen molar-refractivity contribution in [2.24, 2.45) is 0 Å². The molecule has 3 aliphatic rings. The Morgan fingerprint density at radius 1 is 1.02 bits per heavy atom. The number of fused-ring (bicyclic) bond motifs is 8. The summed E-state index contributed by atoms with van der Waals surface area (Å²) in [6.45, 7) is 19.2. The van der Waals surface area contributed by atoms with Crippen LogP contribution in [0.5, 0.6) is 5.75 Å². The summed E-state index contributed by atoms with van der Waals surface area (Å²) in [7, 11) is 1.42. The molecule has 4 aromatic rings. The first-order valence-electron chi connectivity index (χ1n) is 17.4. The second kappa shape index (κ2) is 13.8. The minimum absolute atomic E-state index is 0.137. The number of pyridine rings is 1. The normalized spacial score (nSPS) is 20.9. The second-order valence-corrected chi connectivity index (χ2v) is 14.8. The number of aromatic nitrogens is 2. The van der Waals surface area contributed by atoms with E-state index >= 15 is 0 Å². The van der Waals surface area contributed by atoms with Gasteiger partial charge in [-0.15, -0.1) is 0 Å². The third-order valence-corrected chi connectivity index (χ3v) is 9.71. The molecule has 2 atom stereocenters. The van der Waals surface area contributed by atoms with Gasteiger partial charge in [-0.2, -0.15) is 0 Å². The molecule has 9 nitrogen and oxygen atoms in total. The molecular weight excluding hydrogens is 618 g/mol. The number of ether oxygens (including phenoxy) is 5. The molecule has 1 fully saturated rings. The van der Waals surface area contributed by atoms with Gasteiger partial charge in [0.15, 0.2) is 6.10 Å². The molecular formula is C40H51N3O6. The van der Waals surface area contributed by atoms with Gasteiger partial charge in [0.1, 0.15) is 23.3 Å². The standard InChI is InChI=1S/C40H51N3O6/c1-25-13-14-31-29-11-10-12-30(22-29)32-23-43-36(41-32)28(4)27(3)34(35(38(44)45-9)49-39(5,6)7)37(43)42-17-15-40(8,16-18-42)47-20-19-46-24-26(2)48-33(31)21-25/h10-14,21-23,26,35H,15-20,24H2,1-9H3/t26-,35-/m0/s1. The van der Waals surface area contributed by atoms with Gasteiger partial charge in [-0.05, 0) is 103 Å². The molecule has 5 heterocycles. The van der Waals surface area contributed by atoms with E-state index in [1.165, 1.54) is 7.11 Å². The van der Waals surface area contributed by atoms with E-state index in [0.717, 1.165) is 87.8 Å². The van der Waals surface area contributed by atoms with Crippen LogP contribution in [0.2, 0.25) is 0 Å². The molecule has 2 aromatic carbocycles. The zero-order chi connectivity index (χ0) is 35.1. The lowest BCUT2D eigenvalue weighted by atomic mass is 9.92. The SMILES string of the molecule is COC(=O)[C@@H](OC(C)(C)C)c1c(C)c(C)c2nc3cn2c1N1CCC(C)(CC1)OCCOC[C@H](C)Oc1cc(C)ccc1-c1cccc-3c1. The number of hydrogen-bond donors (Lipinski definition) is 0. The van der Waals surface area contributed by atoms with Gasteiger partial charge in [0, 0.05) is 36.0 Å². The molecule has 3 aliphatic heterocycles. The lowest BCUT2D eigenvalue weighted by Crippen LogP contribution is -2.46. The van der Waals surface area contributed by atoms with Gasteiger partial charge >= 0.3 is 5.97 Å². The highest BCUT2D eigenvalue weighted by Crippen LogP contribution is 2.42. The van der Waals surface area contributed by atoms with Crippen LogP contribution < -0.4 is 9.64 Å². The van der Waals surface area contributed by atoms with Crippen molar-refractivity contribution in [3.05, 3.63) is 70.9 Å². The van der Waals surface area contributed by atoms with Gasteiger partial charge in [0.05, 0.1) is 43.8 Å². The average molecular weight is 670 g/mol. The maximum atomic E-state index is 13.5. The third-order valence-electron chi connectivity index (χ3n) is 9.71. The number of nitrogens with zero attached hydrogens (tertiary/aromatic N) is 3. The van der Waals surface area contributed by atoms with E-state index < -0.39 is 17.7 Å². The molecule has 0 amide bonds. The molecule has 2 aromatic heterocycles. The van der Waals surface area contributed by atoms with Crippen molar-refractivity contribution < 1.29 is 28.5 Å². The number of aryl methyl sites for hydroxylation is 2. The van der Waals surface area contributed by atoms with Crippen molar-refractivity contribution in [2.75, 3.05) is 44.9 Å². The summed E-state index contributed by atoms with van der Waals surface area (Å²) in [4.78, 5) is 21.1. The number of piperidine rings is 1. The Bertz CT molecular complexity index is 1830. The molecule has 49 heavy (non-hydrogen) atoms. The topological polar surface area (TPSA) is 83.8 Å². The largest absolute Gasteiger partial charge is 0.488 e. The maximum absolute atomic E-state index is 13.5. The Morgan fingerprint density at radius 2 is 1.76 bits per heavy atom. The highest BCUT2D eigenvalue weighted by atomic mass is 16.6. The van der Waals surface area contributed by atoms with Gasteiger partial charge in [0.25, 0.3) is 0 Å². The Labute approximate surface area is 290 Å². The van der Waals surface area contributed by atoms with Crippen LogP contribution in [-0.4, -0.2) is 72.7 Å². The predicted molar refractivity (Wildman–Crippen MR) is 193 cm³/mol. The Morgan fingerprint density at radius 3 is 2.47 bits per heavy atom. The second-order valence-electron chi connectivity index (χ2n) is 14.8. The monoisotopic (exact) mass is 669 g/mol. The summed E-state index contributed by atoms with van der Waals surface area (Å²) in [5, 5.41) is 0. The van der Waals surface area contributed by atoms with Gasteiger partial charge in [0.2, 0.25) is 0 Å². The molecule has 6 bridgehead atoms. The number of esters is 1. The van der Waals surface area contributed by atoms with Crippen molar-refractivity contribution in [3.8, 4) is 28.1 Å². The number of carbonyl (C=O) groups is 1. The van der Waals surface area contributed by atoms with Crippen LogP contribution in [0.1, 0.15) is 75.8 Å². The summed E-state index contributed by atoms with van der Waals surface area (Å²) in [6, 6.07) is 14.7. The van der Waals surface area contributed by atoms with Gasteiger partial charge in [-0.25, -0.2) is 9.78 Å². The van der Waals surface area contributed by atoms with Crippen molar-refractivity contribution >= 4 is 17.4 Å². The first-order chi connectivity index (χ1) is 23.3. The number of imidazole rings is 1. The van der Waals surface area contributed by atoms with Crippen LogP contribution in [0.15, 0.2) is 48.7 Å². The van der Waals surface area contributed by atoms with Crippen LogP contribution >= 0.6 is 0 Å². The Kier molecular flexibility index (Phi) is 9.81. The smallest absolute Gasteiger partial charge is 0.339 e. The molecule has 0 N–H and O–H groups in total. The molecule has 0 spiro atoms. The van der Waals surface area contributed by atoms with E-state index in [1.54, 1.807) is 0 Å². The Hall–Kier alpha value is -3.92.